The van der Waals surface area contributed by atoms with Crippen molar-refractivity contribution in [1.82, 2.24) is 0 Å². The van der Waals surface area contributed by atoms with Crippen molar-refractivity contribution in [3.8, 4) is 0 Å². The van der Waals surface area contributed by atoms with Gasteiger partial charge in [-0.25, -0.2) is 0 Å². The zero-order valence-corrected chi connectivity index (χ0v) is 8.53. The molecule has 0 aliphatic heterocycles. The first kappa shape index (κ1) is 9.01. The molecule has 1 atom stereocenters. The number of hydrogen-bond acceptors (Lipinski definition) is 2. The molecule has 2 aliphatic carbocycles. The Kier molecular flexibility index (Phi) is 1.73. The average molecular weight is 206 g/mol. The molecule has 0 saturated heterocycles. The van der Waals surface area contributed by atoms with E-state index in [1.54, 1.807) is 6.26 Å². The van der Waals surface area contributed by atoms with Gasteiger partial charge in [0.05, 0.1) is 12.7 Å². The molecule has 3 heteroatoms. The van der Waals surface area contributed by atoms with E-state index in [4.69, 9.17) is 9.52 Å². The van der Waals surface area contributed by atoms with Crippen molar-refractivity contribution in [1.29, 1.82) is 0 Å². The van der Waals surface area contributed by atoms with Crippen molar-refractivity contribution in [3.05, 3.63) is 23.7 Å². The van der Waals surface area contributed by atoms with Crippen LogP contribution in [0.4, 0.5) is 0 Å². The van der Waals surface area contributed by atoms with Crippen LogP contribution in [-0.2, 0) is 11.2 Å². The van der Waals surface area contributed by atoms with Gasteiger partial charge >= 0.3 is 5.97 Å². The summed E-state index contributed by atoms with van der Waals surface area (Å²) in [5.41, 5.74) is 1.49. The summed E-state index contributed by atoms with van der Waals surface area (Å²) in [7, 11) is 0. The fourth-order valence-electron chi connectivity index (χ4n) is 2.94. The number of carbonyl (C=O) groups is 1. The highest BCUT2D eigenvalue weighted by atomic mass is 16.4. The molecule has 3 rings (SSSR count). The van der Waals surface area contributed by atoms with Gasteiger partial charge in [0.2, 0.25) is 0 Å². The summed E-state index contributed by atoms with van der Waals surface area (Å²) in [6.07, 6.45) is 6.46. The fraction of sp³-hybridized carbons (Fsp3) is 0.583. The minimum atomic E-state index is -0.712. The Hall–Kier alpha value is -1.25. The van der Waals surface area contributed by atoms with Crippen LogP contribution in [0.2, 0.25) is 0 Å². The Labute approximate surface area is 88.1 Å². The summed E-state index contributed by atoms with van der Waals surface area (Å²) in [4.78, 5) is 10.9. The molecule has 0 amide bonds. The zero-order chi connectivity index (χ0) is 10.5. The van der Waals surface area contributed by atoms with Gasteiger partial charge in [-0.05, 0) is 42.7 Å². The highest BCUT2D eigenvalue weighted by molar-refractivity contribution is 5.68. The normalized spacial score (nSPS) is 26.3. The molecule has 1 spiro atoms. The van der Waals surface area contributed by atoms with Crippen LogP contribution >= 0.6 is 0 Å². The molecule has 0 bridgehead atoms. The lowest BCUT2D eigenvalue weighted by Crippen LogP contribution is -2.23. The van der Waals surface area contributed by atoms with Crippen molar-refractivity contribution in [2.75, 3.05) is 0 Å². The van der Waals surface area contributed by atoms with E-state index in [1.165, 1.54) is 18.4 Å². The van der Waals surface area contributed by atoms with Crippen LogP contribution in [0.15, 0.2) is 16.7 Å². The second kappa shape index (κ2) is 2.87. The summed E-state index contributed by atoms with van der Waals surface area (Å²) in [6, 6.07) is 1.99. The topological polar surface area (TPSA) is 50.4 Å². The number of hydrogen-bond donors (Lipinski definition) is 1. The minimum Gasteiger partial charge on any atom is -0.481 e. The van der Waals surface area contributed by atoms with E-state index in [0.717, 1.165) is 18.6 Å². The van der Waals surface area contributed by atoms with Crippen LogP contribution in [0.3, 0.4) is 0 Å². The molecule has 1 aromatic rings. The molecular formula is C12H14O3. The molecule has 1 aromatic heterocycles. The third-order valence-electron chi connectivity index (χ3n) is 4.00. The van der Waals surface area contributed by atoms with Crippen molar-refractivity contribution in [2.45, 2.75) is 38.0 Å². The maximum atomic E-state index is 10.9. The summed E-state index contributed by atoms with van der Waals surface area (Å²) in [5, 5.41) is 8.95. The Morgan fingerprint density at radius 3 is 3.00 bits per heavy atom. The second-order valence-corrected chi connectivity index (χ2v) is 4.82. The Morgan fingerprint density at radius 1 is 1.53 bits per heavy atom. The molecule has 0 aromatic carbocycles. The summed E-state index contributed by atoms with van der Waals surface area (Å²) in [5.74, 6) is 0.352. The number of furan rings is 1. The lowest BCUT2D eigenvalue weighted by molar-refractivity contribution is -0.138. The van der Waals surface area contributed by atoms with Gasteiger partial charge in [-0.1, -0.05) is 0 Å². The largest absolute Gasteiger partial charge is 0.481 e. The van der Waals surface area contributed by atoms with Crippen LogP contribution in [0, 0.1) is 5.41 Å². The second-order valence-electron chi connectivity index (χ2n) is 4.82. The molecule has 80 valence electrons. The molecule has 15 heavy (non-hydrogen) atoms. The van der Waals surface area contributed by atoms with Crippen LogP contribution in [0.5, 0.6) is 0 Å². The Bertz CT molecular complexity index is 401. The summed E-state index contributed by atoms with van der Waals surface area (Å²) >= 11 is 0. The number of fused-ring (bicyclic) bond motifs is 1. The molecule has 0 radical (unpaired) electrons. The van der Waals surface area contributed by atoms with Crippen LogP contribution in [-0.4, -0.2) is 11.1 Å². The number of carboxylic acid groups (broad SMARTS) is 1. The van der Waals surface area contributed by atoms with Crippen LogP contribution < -0.4 is 0 Å². The SMILES string of the molecule is O=C(O)CC1c2occc2CCC12CC2. The van der Waals surface area contributed by atoms with E-state index in [9.17, 15) is 4.79 Å². The van der Waals surface area contributed by atoms with Crippen LogP contribution in [0.1, 0.15) is 42.9 Å². The quantitative estimate of drug-likeness (QED) is 0.809. The molecule has 1 heterocycles. The number of aliphatic carboxylic acids is 1. The predicted octanol–water partition coefficient (Wildman–Crippen LogP) is 2.56. The average Bonchev–Trinajstić information content (AvgIpc) is 2.79. The van der Waals surface area contributed by atoms with Crippen LogP contribution in [0.25, 0.3) is 0 Å². The molecule has 2 aliphatic rings. The highest BCUT2D eigenvalue weighted by Gasteiger charge is 2.53. The molecule has 1 N–H and O–H groups in total. The maximum Gasteiger partial charge on any atom is 0.304 e. The van der Waals surface area contributed by atoms with E-state index in [-0.39, 0.29) is 17.8 Å². The van der Waals surface area contributed by atoms with E-state index in [1.807, 2.05) is 6.07 Å². The third-order valence-corrected chi connectivity index (χ3v) is 4.00. The lowest BCUT2D eigenvalue weighted by atomic mass is 9.74. The molecule has 1 saturated carbocycles. The van der Waals surface area contributed by atoms with E-state index in [2.05, 4.69) is 0 Å². The van der Waals surface area contributed by atoms with Gasteiger partial charge in [0.1, 0.15) is 5.76 Å². The van der Waals surface area contributed by atoms with Gasteiger partial charge in [0.25, 0.3) is 0 Å². The third kappa shape index (κ3) is 1.29. The number of aryl methyl sites for hydroxylation is 1. The van der Waals surface area contributed by atoms with Crippen molar-refractivity contribution in [3.63, 3.8) is 0 Å². The van der Waals surface area contributed by atoms with E-state index < -0.39 is 5.97 Å². The maximum absolute atomic E-state index is 10.9. The summed E-state index contributed by atoms with van der Waals surface area (Å²) < 4.78 is 5.48. The number of rotatable bonds is 2. The molecule has 3 nitrogen and oxygen atoms in total. The molecule has 1 fully saturated rings. The van der Waals surface area contributed by atoms with Gasteiger partial charge in [-0.15, -0.1) is 0 Å². The zero-order valence-electron chi connectivity index (χ0n) is 8.53. The number of carboxylic acids is 1. The predicted molar refractivity (Wildman–Crippen MR) is 53.7 cm³/mol. The van der Waals surface area contributed by atoms with Gasteiger partial charge in [0, 0.05) is 5.92 Å². The van der Waals surface area contributed by atoms with E-state index >= 15 is 0 Å². The van der Waals surface area contributed by atoms with Gasteiger partial charge in [-0.2, -0.15) is 0 Å². The van der Waals surface area contributed by atoms with E-state index in [0.29, 0.717) is 0 Å². The van der Waals surface area contributed by atoms with Crippen molar-refractivity contribution >= 4 is 5.97 Å². The standard InChI is InChI=1S/C12H14O3/c13-10(14)7-9-11-8(2-6-15-11)1-3-12(9)4-5-12/h2,6,9H,1,3-5,7H2,(H,13,14). The Balaban J connectivity index is 1.97. The summed E-state index contributed by atoms with van der Waals surface area (Å²) in [6.45, 7) is 0. The molecule has 1 unspecified atom stereocenters. The Morgan fingerprint density at radius 2 is 2.33 bits per heavy atom. The smallest absolute Gasteiger partial charge is 0.304 e. The first-order valence-electron chi connectivity index (χ1n) is 5.49. The van der Waals surface area contributed by atoms with Gasteiger partial charge in [0.15, 0.2) is 0 Å². The van der Waals surface area contributed by atoms with Gasteiger partial charge < -0.3 is 9.52 Å². The van der Waals surface area contributed by atoms with Crippen molar-refractivity contribution in [2.24, 2.45) is 5.41 Å². The minimum absolute atomic E-state index is 0.119. The molecular weight excluding hydrogens is 192 g/mol. The lowest BCUT2D eigenvalue weighted by Gasteiger charge is -2.29. The first-order valence-corrected chi connectivity index (χ1v) is 5.49. The first-order chi connectivity index (χ1) is 7.21. The fourth-order valence-corrected chi connectivity index (χ4v) is 2.94. The highest BCUT2D eigenvalue weighted by Crippen LogP contribution is 2.63. The van der Waals surface area contributed by atoms with Gasteiger partial charge in [-0.3, -0.25) is 4.79 Å². The van der Waals surface area contributed by atoms with Crippen molar-refractivity contribution < 1.29 is 14.3 Å². The monoisotopic (exact) mass is 206 g/mol.